The number of ether oxygens (including phenoxy) is 1. The minimum atomic E-state index is -1.70. The second kappa shape index (κ2) is 8.23. The summed E-state index contributed by atoms with van der Waals surface area (Å²) >= 11 is 0. The van der Waals surface area contributed by atoms with Crippen molar-refractivity contribution in [2.45, 2.75) is 64.6 Å². The summed E-state index contributed by atoms with van der Waals surface area (Å²) in [7, 11) is 1.72. The van der Waals surface area contributed by atoms with Crippen molar-refractivity contribution in [2.75, 3.05) is 13.7 Å². The molecule has 31 heavy (non-hydrogen) atoms. The molecule has 2 aliphatic carbocycles. The molecule has 1 saturated carbocycles. The number of nitriles is 1. The van der Waals surface area contributed by atoms with E-state index in [0.717, 1.165) is 28.9 Å². The van der Waals surface area contributed by atoms with Gasteiger partial charge >= 0.3 is 0 Å². The van der Waals surface area contributed by atoms with E-state index < -0.39 is 17.5 Å². The number of methoxy groups -OCH3 is 1. The highest BCUT2D eigenvalue weighted by Gasteiger charge is 2.55. The molecule has 0 bridgehead atoms. The highest BCUT2D eigenvalue weighted by Crippen LogP contribution is 2.58. The SMILES string of the molecule is COC1C(C)CC2(Cc3ccc(C#N)cc3[C@H]2C(=O)N(CC(C)(C)F)C(=N)N)CC1C. The molecule has 1 fully saturated rings. The van der Waals surface area contributed by atoms with Crippen LogP contribution in [0.3, 0.4) is 0 Å². The molecule has 6 nitrogen and oxygen atoms in total. The summed E-state index contributed by atoms with van der Waals surface area (Å²) in [5, 5.41) is 17.4. The number of amides is 1. The zero-order chi connectivity index (χ0) is 23.1. The van der Waals surface area contributed by atoms with E-state index in [4.69, 9.17) is 15.9 Å². The standard InChI is InChI=1S/C24H33FN4O2/c1-14-9-24(10-15(2)20(14)31-5)11-17-7-6-16(12-26)8-18(17)19(24)21(30)29(22(27)28)13-23(3,4)25/h6-8,14-15,19-20H,9-11,13H2,1-5H3,(H3,27,28)/t14?,15?,19-,20?,24?/m0/s1. The van der Waals surface area contributed by atoms with Crippen LogP contribution in [0.2, 0.25) is 0 Å². The normalized spacial score (nSPS) is 30.0. The molecule has 0 heterocycles. The fourth-order valence-electron chi connectivity index (χ4n) is 6.12. The molecule has 0 aliphatic heterocycles. The van der Waals surface area contributed by atoms with Gasteiger partial charge < -0.3 is 10.5 Å². The number of benzene rings is 1. The second-order valence-electron chi connectivity index (χ2n) is 10.1. The Morgan fingerprint density at radius 2 is 2.00 bits per heavy atom. The number of carbonyl (C=O) groups is 1. The first kappa shape index (κ1) is 23.2. The summed E-state index contributed by atoms with van der Waals surface area (Å²) in [6.45, 7) is 6.74. The number of nitrogens with zero attached hydrogens (tertiary/aromatic N) is 2. The molecule has 3 N–H and O–H groups in total. The number of hydrogen-bond acceptors (Lipinski definition) is 4. The summed E-state index contributed by atoms with van der Waals surface area (Å²) in [5.74, 6) is -0.927. The van der Waals surface area contributed by atoms with Crippen molar-refractivity contribution >= 4 is 11.9 Å². The molecular formula is C24H33FN4O2. The van der Waals surface area contributed by atoms with E-state index >= 15 is 0 Å². The van der Waals surface area contributed by atoms with Crippen molar-refractivity contribution in [1.82, 2.24) is 4.90 Å². The van der Waals surface area contributed by atoms with Gasteiger partial charge in [-0.15, -0.1) is 0 Å². The van der Waals surface area contributed by atoms with Crippen molar-refractivity contribution in [3.63, 3.8) is 0 Å². The van der Waals surface area contributed by atoms with Crippen LogP contribution in [0.25, 0.3) is 0 Å². The molecule has 2 unspecified atom stereocenters. The maximum absolute atomic E-state index is 14.5. The first-order valence-electron chi connectivity index (χ1n) is 10.8. The first-order valence-corrected chi connectivity index (χ1v) is 10.8. The lowest BCUT2D eigenvalue weighted by Crippen LogP contribution is -2.53. The predicted molar refractivity (Wildman–Crippen MR) is 117 cm³/mol. The van der Waals surface area contributed by atoms with E-state index in [1.165, 1.54) is 13.8 Å². The van der Waals surface area contributed by atoms with Crippen LogP contribution >= 0.6 is 0 Å². The molecule has 2 aliphatic rings. The van der Waals surface area contributed by atoms with Crippen LogP contribution in [-0.4, -0.2) is 42.2 Å². The van der Waals surface area contributed by atoms with Crippen LogP contribution in [0.1, 0.15) is 63.1 Å². The molecule has 0 aromatic heterocycles. The molecule has 3 atom stereocenters. The zero-order valence-electron chi connectivity index (χ0n) is 19.0. The minimum Gasteiger partial charge on any atom is -0.381 e. The fourth-order valence-corrected chi connectivity index (χ4v) is 6.12. The van der Waals surface area contributed by atoms with Gasteiger partial charge in [-0.2, -0.15) is 5.26 Å². The van der Waals surface area contributed by atoms with E-state index in [-0.39, 0.29) is 35.8 Å². The molecule has 1 aromatic rings. The maximum atomic E-state index is 14.5. The van der Waals surface area contributed by atoms with E-state index in [0.29, 0.717) is 12.0 Å². The van der Waals surface area contributed by atoms with Gasteiger partial charge in [0.1, 0.15) is 5.67 Å². The Labute approximate surface area is 184 Å². The molecule has 0 saturated heterocycles. The molecule has 3 rings (SSSR count). The second-order valence-corrected chi connectivity index (χ2v) is 10.1. The fraction of sp³-hybridized carbons (Fsp3) is 0.625. The molecule has 1 aromatic carbocycles. The average Bonchev–Trinajstić information content (AvgIpc) is 2.96. The largest absolute Gasteiger partial charge is 0.381 e. The van der Waals surface area contributed by atoms with Crippen molar-refractivity contribution in [2.24, 2.45) is 23.0 Å². The maximum Gasteiger partial charge on any atom is 0.237 e. The molecule has 1 spiro atoms. The number of rotatable bonds is 4. The van der Waals surface area contributed by atoms with Gasteiger partial charge in [-0.1, -0.05) is 19.9 Å². The lowest BCUT2D eigenvalue weighted by molar-refractivity contribution is -0.136. The van der Waals surface area contributed by atoms with Gasteiger partial charge in [0.25, 0.3) is 0 Å². The van der Waals surface area contributed by atoms with Gasteiger partial charge in [0.2, 0.25) is 5.91 Å². The summed E-state index contributed by atoms with van der Waals surface area (Å²) in [5.41, 5.74) is 6.01. The highest BCUT2D eigenvalue weighted by atomic mass is 19.1. The Bertz CT molecular complexity index is 905. The number of alkyl halides is 1. The van der Waals surface area contributed by atoms with Crippen LogP contribution in [-0.2, 0) is 16.0 Å². The van der Waals surface area contributed by atoms with Crippen molar-refractivity contribution in [1.29, 1.82) is 10.7 Å². The summed E-state index contributed by atoms with van der Waals surface area (Å²) in [6.07, 6.45) is 2.36. The van der Waals surface area contributed by atoms with Gasteiger partial charge in [-0.05, 0) is 73.6 Å². The molecule has 168 valence electrons. The monoisotopic (exact) mass is 428 g/mol. The van der Waals surface area contributed by atoms with Crippen LogP contribution in [0.15, 0.2) is 18.2 Å². The van der Waals surface area contributed by atoms with Crippen molar-refractivity contribution in [3.05, 3.63) is 34.9 Å². The van der Waals surface area contributed by atoms with Gasteiger partial charge in [-0.25, -0.2) is 4.39 Å². The first-order chi connectivity index (χ1) is 14.4. The van der Waals surface area contributed by atoms with E-state index in [9.17, 15) is 14.4 Å². The number of nitrogens with two attached hydrogens (primary N) is 1. The third kappa shape index (κ3) is 4.31. The van der Waals surface area contributed by atoms with Gasteiger partial charge in [-0.3, -0.25) is 15.1 Å². The zero-order valence-corrected chi connectivity index (χ0v) is 19.0. The Balaban J connectivity index is 2.11. The number of hydrogen-bond donors (Lipinski definition) is 2. The highest BCUT2D eigenvalue weighted by molar-refractivity contribution is 5.99. The van der Waals surface area contributed by atoms with Gasteiger partial charge in [0.15, 0.2) is 5.96 Å². The van der Waals surface area contributed by atoms with E-state index in [2.05, 4.69) is 19.9 Å². The Kier molecular flexibility index (Phi) is 6.16. The van der Waals surface area contributed by atoms with Gasteiger partial charge in [0.05, 0.1) is 30.2 Å². The number of fused-ring (bicyclic) bond motifs is 1. The number of halogens is 1. The smallest absolute Gasteiger partial charge is 0.237 e. The van der Waals surface area contributed by atoms with Crippen LogP contribution < -0.4 is 5.73 Å². The van der Waals surface area contributed by atoms with E-state index in [1.54, 1.807) is 19.2 Å². The van der Waals surface area contributed by atoms with Crippen LogP contribution in [0.4, 0.5) is 4.39 Å². The minimum absolute atomic E-state index is 0.105. The number of carbonyl (C=O) groups excluding carboxylic acids is 1. The lowest BCUT2D eigenvalue weighted by atomic mass is 9.59. The van der Waals surface area contributed by atoms with E-state index in [1.807, 2.05) is 6.07 Å². The van der Waals surface area contributed by atoms with Crippen molar-refractivity contribution < 1.29 is 13.9 Å². The number of nitrogens with one attached hydrogen (secondary N) is 1. The molecule has 0 radical (unpaired) electrons. The molecule has 1 amide bonds. The molecular weight excluding hydrogens is 395 g/mol. The summed E-state index contributed by atoms with van der Waals surface area (Å²) in [4.78, 5) is 15.0. The summed E-state index contributed by atoms with van der Waals surface area (Å²) < 4.78 is 20.2. The van der Waals surface area contributed by atoms with Gasteiger partial charge in [0, 0.05) is 7.11 Å². The Hall–Kier alpha value is -2.46. The Morgan fingerprint density at radius 3 is 2.48 bits per heavy atom. The third-order valence-corrected chi connectivity index (χ3v) is 6.93. The van der Waals surface area contributed by atoms with Crippen LogP contribution in [0, 0.1) is 34.0 Å². The predicted octanol–water partition coefficient (Wildman–Crippen LogP) is 3.74. The molecule has 7 heteroatoms. The van der Waals surface area contributed by atoms with Crippen molar-refractivity contribution in [3.8, 4) is 6.07 Å². The average molecular weight is 429 g/mol. The quantitative estimate of drug-likeness (QED) is 0.563. The topological polar surface area (TPSA) is 103 Å². The lowest BCUT2D eigenvalue weighted by Gasteiger charge is -2.48. The third-order valence-electron chi connectivity index (χ3n) is 6.93. The van der Waals surface area contributed by atoms with Crippen LogP contribution in [0.5, 0.6) is 0 Å². The Morgan fingerprint density at radius 1 is 1.39 bits per heavy atom. The summed E-state index contributed by atoms with van der Waals surface area (Å²) in [6, 6.07) is 7.65. The number of guanidine groups is 1.